The molecule has 1 aliphatic heterocycles. The highest BCUT2D eigenvalue weighted by atomic mass is 19.1. The van der Waals surface area contributed by atoms with Gasteiger partial charge in [0.15, 0.2) is 0 Å². The molecule has 0 radical (unpaired) electrons. The van der Waals surface area contributed by atoms with Gasteiger partial charge in [0.2, 0.25) is 0 Å². The van der Waals surface area contributed by atoms with Gasteiger partial charge in [-0.25, -0.2) is 9.37 Å². The number of hydrogen-bond donors (Lipinski definition) is 2. The highest BCUT2D eigenvalue weighted by molar-refractivity contribution is 5.62. The third-order valence-corrected chi connectivity index (χ3v) is 4.73. The van der Waals surface area contributed by atoms with E-state index in [0.717, 1.165) is 47.8 Å². The Hall–Kier alpha value is -2.73. The van der Waals surface area contributed by atoms with Crippen LogP contribution in [0.15, 0.2) is 48.8 Å². The predicted molar refractivity (Wildman–Crippen MR) is 100 cm³/mol. The fraction of sp³-hybridized carbons (Fsp3) is 0.300. The van der Waals surface area contributed by atoms with Crippen LogP contribution < -0.4 is 10.2 Å². The van der Waals surface area contributed by atoms with E-state index in [-0.39, 0.29) is 5.82 Å². The molecule has 1 fully saturated rings. The van der Waals surface area contributed by atoms with Crippen LogP contribution in [0.4, 0.5) is 10.2 Å². The number of nitrogens with one attached hydrogen (secondary N) is 2. The van der Waals surface area contributed by atoms with Crippen molar-refractivity contribution in [2.45, 2.75) is 25.9 Å². The molecule has 0 bridgehead atoms. The number of anilines is 1. The van der Waals surface area contributed by atoms with Crippen LogP contribution in [0.1, 0.15) is 24.0 Å². The Kier molecular flexibility index (Phi) is 4.93. The SMILES string of the molecule is Fc1ccc(-c2[nH]ncc2CNCc2ccc(N3CCCC3)nc2)cc1. The average molecular weight is 351 g/mol. The van der Waals surface area contributed by atoms with Gasteiger partial charge in [0.25, 0.3) is 0 Å². The zero-order valence-electron chi connectivity index (χ0n) is 14.6. The molecule has 2 aromatic heterocycles. The van der Waals surface area contributed by atoms with Gasteiger partial charge in [0.1, 0.15) is 11.6 Å². The largest absolute Gasteiger partial charge is 0.357 e. The number of halogens is 1. The summed E-state index contributed by atoms with van der Waals surface area (Å²) in [6.07, 6.45) is 6.26. The minimum Gasteiger partial charge on any atom is -0.357 e. The van der Waals surface area contributed by atoms with Crippen LogP contribution in [0.2, 0.25) is 0 Å². The Balaban J connectivity index is 1.35. The van der Waals surface area contributed by atoms with Crippen LogP contribution in [0.3, 0.4) is 0 Å². The van der Waals surface area contributed by atoms with E-state index >= 15 is 0 Å². The van der Waals surface area contributed by atoms with E-state index in [1.807, 2.05) is 6.20 Å². The number of H-pyrrole nitrogens is 1. The molecule has 0 aliphatic carbocycles. The topological polar surface area (TPSA) is 56.8 Å². The molecule has 0 atom stereocenters. The highest BCUT2D eigenvalue weighted by Gasteiger charge is 2.13. The minimum absolute atomic E-state index is 0.238. The van der Waals surface area contributed by atoms with Gasteiger partial charge in [-0.15, -0.1) is 0 Å². The summed E-state index contributed by atoms with van der Waals surface area (Å²) in [7, 11) is 0. The van der Waals surface area contributed by atoms with Gasteiger partial charge in [0, 0.05) is 43.5 Å². The first-order chi connectivity index (χ1) is 12.8. The summed E-state index contributed by atoms with van der Waals surface area (Å²) in [5.74, 6) is 0.831. The van der Waals surface area contributed by atoms with E-state index in [1.165, 1.54) is 25.0 Å². The first kappa shape index (κ1) is 16.7. The smallest absolute Gasteiger partial charge is 0.128 e. The maximum Gasteiger partial charge on any atom is 0.128 e. The van der Waals surface area contributed by atoms with E-state index in [4.69, 9.17) is 0 Å². The van der Waals surface area contributed by atoms with Crippen molar-refractivity contribution in [1.29, 1.82) is 0 Å². The Morgan fingerprint density at radius 2 is 1.81 bits per heavy atom. The molecule has 5 nitrogen and oxygen atoms in total. The lowest BCUT2D eigenvalue weighted by Crippen LogP contribution is -2.19. The fourth-order valence-corrected chi connectivity index (χ4v) is 3.31. The number of pyridine rings is 1. The summed E-state index contributed by atoms with van der Waals surface area (Å²) in [5, 5.41) is 10.6. The van der Waals surface area contributed by atoms with E-state index in [0.29, 0.717) is 6.54 Å². The van der Waals surface area contributed by atoms with Crippen LogP contribution in [0, 0.1) is 5.82 Å². The zero-order chi connectivity index (χ0) is 17.8. The molecule has 0 saturated carbocycles. The molecule has 6 heteroatoms. The van der Waals surface area contributed by atoms with E-state index in [2.05, 4.69) is 37.5 Å². The van der Waals surface area contributed by atoms with Crippen molar-refractivity contribution in [3.8, 4) is 11.3 Å². The molecule has 26 heavy (non-hydrogen) atoms. The third kappa shape index (κ3) is 3.75. The quantitative estimate of drug-likeness (QED) is 0.714. The Bertz CT molecular complexity index is 835. The second-order valence-electron chi connectivity index (χ2n) is 6.60. The molecule has 4 rings (SSSR count). The second kappa shape index (κ2) is 7.66. The Labute approximate surface area is 152 Å². The lowest BCUT2D eigenvalue weighted by atomic mass is 10.1. The molecule has 0 spiro atoms. The number of rotatable bonds is 6. The summed E-state index contributed by atoms with van der Waals surface area (Å²) >= 11 is 0. The standard InChI is InChI=1S/C20H22FN5/c21-18-6-4-16(5-7-18)20-17(14-24-25-20)13-22-11-15-3-8-19(23-12-15)26-9-1-2-10-26/h3-8,12,14,22H,1-2,9-11,13H2,(H,24,25). The summed E-state index contributed by atoms with van der Waals surface area (Å²) in [6.45, 7) is 3.63. The maximum absolute atomic E-state index is 13.1. The number of aromatic amines is 1. The Morgan fingerprint density at radius 1 is 1.00 bits per heavy atom. The van der Waals surface area contributed by atoms with Crippen molar-refractivity contribution >= 4 is 5.82 Å². The van der Waals surface area contributed by atoms with E-state index < -0.39 is 0 Å². The van der Waals surface area contributed by atoms with Crippen LogP contribution in [0.5, 0.6) is 0 Å². The molecule has 0 unspecified atom stereocenters. The van der Waals surface area contributed by atoms with Gasteiger partial charge in [0.05, 0.1) is 11.9 Å². The maximum atomic E-state index is 13.1. The van der Waals surface area contributed by atoms with Crippen molar-refractivity contribution in [3.63, 3.8) is 0 Å². The Morgan fingerprint density at radius 3 is 2.54 bits per heavy atom. The molecule has 1 saturated heterocycles. The van der Waals surface area contributed by atoms with Crippen molar-refractivity contribution < 1.29 is 4.39 Å². The van der Waals surface area contributed by atoms with Crippen LogP contribution in [-0.4, -0.2) is 28.3 Å². The summed E-state index contributed by atoms with van der Waals surface area (Å²) in [5.41, 5.74) is 4.05. The zero-order valence-corrected chi connectivity index (χ0v) is 14.6. The summed E-state index contributed by atoms with van der Waals surface area (Å²) in [6, 6.07) is 10.7. The van der Waals surface area contributed by atoms with Crippen LogP contribution in [0.25, 0.3) is 11.3 Å². The monoisotopic (exact) mass is 351 g/mol. The molecule has 0 amide bonds. The number of hydrogen-bond acceptors (Lipinski definition) is 4. The number of benzene rings is 1. The van der Waals surface area contributed by atoms with Gasteiger partial charge < -0.3 is 10.2 Å². The van der Waals surface area contributed by atoms with Gasteiger partial charge in [-0.2, -0.15) is 5.10 Å². The lowest BCUT2D eigenvalue weighted by Gasteiger charge is -2.16. The molecular formula is C20H22FN5. The number of nitrogens with zero attached hydrogens (tertiary/aromatic N) is 3. The van der Waals surface area contributed by atoms with Crippen molar-refractivity contribution in [2.24, 2.45) is 0 Å². The van der Waals surface area contributed by atoms with Crippen molar-refractivity contribution in [3.05, 3.63) is 65.7 Å². The normalized spacial score (nSPS) is 14.1. The summed E-state index contributed by atoms with van der Waals surface area (Å²) in [4.78, 5) is 6.91. The minimum atomic E-state index is -0.238. The molecule has 3 aromatic rings. The van der Waals surface area contributed by atoms with Crippen molar-refractivity contribution in [1.82, 2.24) is 20.5 Å². The lowest BCUT2D eigenvalue weighted by molar-refractivity contribution is 0.628. The fourth-order valence-electron chi connectivity index (χ4n) is 3.31. The van der Waals surface area contributed by atoms with Gasteiger partial charge in [-0.1, -0.05) is 6.07 Å². The van der Waals surface area contributed by atoms with Gasteiger partial charge in [-0.05, 0) is 48.7 Å². The third-order valence-electron chi connectivity index (χ3n) is 4.73. The first-order valence-electron chi connectivity index (χ1n) is 8.98. The van der Waals surface area contributed by atoms with E-state index in [1.54, 1.807) is 18.3 Å². The second-order valence-corrected chi connectivity index (χ2v) is 6.60. The molecule has 1 aromatic carbocycles. The van der Waals surface area contributed by atoms with Crippen molar-refractivity contribution in [2.75, 3.05) is 18.0 Å². The average Bonchev–Trinajstić information content (AvgIpc) is 3.35. The molecule has 134 valence electrons. The van der Waals surface area contributed by atoms with E-state index in [9.17, 15) is 4.39 Å². The van der Waals surface area contributed by atoms with Crippen LogP contribution >= 0.6 is 0 Å². The predicted octanol–water partition coefficient (Wildman–Crippen LogP) is 3.50. The molecule has 1 aliphatic rings. The summed E-state index contributed by atoms with van der Waals surface area (Å²) < 4.78 is 13.1. The molecular weight excluding hydrogens is 329 g/mol. The van der Waals surface area contributed by atoms with Crippen LogP contribution in [-0.2, 0) is 13.1 Å². The van der Waals surface area contributed by atoms with Gasteiger partial charge in [-0.3, -0.25) is 5.10 Å². The first-order valence-corrected chi connectivity index (χ1v) is 8.98. The molecule has 2 N–H and O–H groups in total. The molecule has 3 heterocycles. The number of aromatic nitrogens is 3. The highest BCUT2D eigenvalue weighted by Crippen LogP contribution is 2.21. The van der Waals surface area contributed by atoms with Gasteiger partial charge >= 0.3 is 0 Å².